The fourth-order valence-electron chi connectivity index (χ4n) is 3.25. The largest absolute Gasteiger partial charge is 0.361 e. The molecular weight excluding hydrogens is 238 g/mol. The van der Waals surface area contributed by atoms with E-state index in [4.69, 9.17) is 4.52 Å². The number of aromatic nitrogens is 1. The van der Waals surface area contributed by atoms with Gasteiger partial charge >= 0.3 is 0 Å². The zero-order valence-electron chi connectivity index (χ0n) is 12.9. The standard InChI is InChI=1S/C15H27N3O/c1-10(14-6-8-18(5)9-7-14)16-11(2)15-12(3)17-19-13(15)4/h10-11,14,16H,6-9H2,1-5H3. The maximum Gasteiger partial charge on any atom is 0.138 e. The highest BCUT2D eigenvalue weighted by Crippen LogP contribution is 2.25. The van der Waals surface area contributed by atoms with Gasteiger partial charge in [0.1, 0.15) is 5.76 Å². The van der Waals surface area contributed by atoms with Crippen LogP contribution in [0.15, 0.2) is 4.52 Å². The second kappa shape index (κ2) is 6.06. The van der Waals surface area contributed by atoms with E-state index in [1.165, 1.54) is 31.5 Å². The van der Waals surface area contributed by atoms with Gasteiger partial charge < -0.3 is 14.7 Å². The summed E-state index contributed by atoms with van der Waals surface area (Å²) in [4.78, 5) is 2.42. The number of hydrogen-bond acceptors (Lipinski definition) is 4. The highest BCUT2D eigenvalue weighted by molar-refractivity contribution is 5.24. The Kier molecular flexibility index (Phi) is 4.63. The predicted octanol–water partition coefficient (Wildman–Crippen LogP) is 2.67. The molecule has 108 valence electrons. The van der Waals surface area contributed by atoms with Gasteiger partial charge in [0.15, 0.2) is 0 Å². The second-order valence-electron chi connectivity index (χ2n) is 6.06. The summed E-state index contributed by atoms with van der Waals surface area (Å²) in [5.74, 6) is 1.71. The SMILES string of the molecule is Cc1noc(C)c1C(C)NC(C)C1CCN(C)CC1. The molecule has 2 rings (SSSR count). The lowest BCUT2D eigenvalue weighted by atomic mass is 9.89. The van der Waals surface area contributed by atoms with Crippen molar-refractivity contribution in [3.05, 3.63) is 17.0 Å². The minimum atomic E-state index is 0.306. The third-order valence-electron chi connectivity index (χ3n) is 4.50. The van der Waals surface area contributed by atoms with Crippen molar-refractivity contribution >= 4 is 0 Å². The van der Waals surface area contributed by atoms with Crippen molar-refractivity contribution < 1.29 is 4.52 Å². The number of piperidine rings is 1. The molecular formula is C15H27N3O. The highest BCUT2D eigenvalue weighted by atomic mass is 16.5. The molecule has 1 aromatic heterocycles. The first kappa shape index (κ1) is 14.5. The molecule has 1 aliphatic rings. The Morgan fingerprint density at radius 3 is 2.42 bits per heavy atom. The fourth-order valence-corrected chi connectivity index (χ4v) is 3.25. The molecule has 1 aliphatic heterocycles. The second-order valence-corrected chi connectivity index (χ2v) is 6.06. The third kappa shape index (κ3) is 3.37. The molecule has 0 aromatic carbocycles. The van der Waals surface area contributed by atoms with E-state index in [0.717, 1.165) is 17.4 Å². The Hall–Kier alpha value is -0.870. The van der Waals surface area contributed by atoms with Crippen LogP contribution < -0.4 is 5.32 Å². The van der Waals surface area contributed by atoms with Gasteiger partial charge in [0.05, 0.1) is 5.69 Å². The Balaban J connectivity index is 1.93. The molecule has 19 heavy (non-hydrogen) atoms. The lowest BCUT2D eigenvalue weighted by Gasteiger charge is -2.34. The van der Waals surface area contributed by atoms with Crippen molar-refractivity contribution in [2.75, 3.05) is 20.1 Å². The molecule has 0 saturated carbocycles. The van der Waals surface area contributed by atoms with E-state index in [1.54, 1.807) is 0 Å². The number of aryl methyl sites for hydroxylation is 2. The Morgan fingerprint density at radius 1 is 1.26 bits per heavy atom. The topological polar surface area (TPSA) is 41.3 Å². The summed E-state index contributed by atoms with van der Waals surface area (Å²) in [6.45, 7) is 11.0. The molecule has 0 amide bonds. The number of rotatable bonds is 4. The molecule has 0 aliphatic carbocycles. The van der Waals surface area contributed by atoms with Crippen molar-refractivity contribution in [2.24, 2.45) is 5.92 Å². The summed E-state index contributed by atoms with van der Waals surface area (Å²) in [6, 6.07) is 0.846. The predicted molar refractivity (Wildman–Crippen MR) is 77.2 cm³/mol. The van der Waals surface area contributed by atoms with Gasteiger partial charge in [0.25, 0.3) is 0 Å². The molecule has 1 aromatic rings. The van der Waals surface area contributed by atoms with E-state index in [-0.39, 0.29) is 0 Å². The fraction of sp³-hybridized carbons (Fsp3) is 0.800. The number of likely N-dealkylation sites (tertiary alicyclic amines) is 1. The van der Waals surface area contributed by atoms with Crippen LogP contribution in [0.5, 0.6) is 0 Å². The van der Waals surface area contributed by atoms with Gasteiger partial charge in [0, 0.05) is 17.6 Å². The first-order valence-electron chi connectivity index (χ1n) is 7.36. The van der Waals surface area contributed by atoms with Gasteiger partial charge in [-0.05, 0) is 66.6 Å². The summed E-state index contributed by atoms with van der Waals surface area (Å²) in [5, 5.41) is 7.78. The Labute approximate surface area is 116 Å². The average molecular weight is 265 g/mol. The third-order valence-corrected chi connectivity index (χ3v) is 4.50. The van der Waals surface area contributed by atoms with Gasteiger partial charge in [-0.25, -0.2) is 0 Å². The van der Waals surface area contributed by atoms with Crippen LogP contribution in [0.25, 0.3) is 0 Å². The van der Waals surface area contributed by atoms with Crippen LogP contribution in [-0.4, -0.2) is 36.2 Å². The van der Waals surface area contributed by atoms with Crippen LogP contribution >= 0.6 is 0 Å². The van der Waals surface area contributed by atoms with Crippen molar-refractivity contribution in [1.29, 1.82) is 0 Å². The van der Waals surface area contributed by atoms with E-state index in [0.29, 0.717) is 12.1 Å². The van der Waals surface area contributed by atoms with Crippen LogP contribution in [0.1, 0.15) is 49.7 Å². The summed E-state index contributed by atoms with van der Waals surface area (Å²) in [7, 11) is 2.21. The lowest BCUT2D eigenvalue weighted by Crippen LogP contribution is -2.41. The molecule has 1 N–H and O–H groups in total. The van der Waals surface area contributed by atoms with Crippen LogP contribution in [-0.2, 0) is 0 Å². The van der Waals surface area contributed by atoms with Crippen LogP contribution in [0.2, 0.25) is 0 Å². The normalized spacial score (nSPS) is 21.5. The van der Waals surface area contributed by atoms with Crippen LogP contribution in [0.4, 0.5) is 0 Å². The molecule has 2 heterocycles. The average Bonchev–Trinajstić information content (AvgIpc) is 2.69. The molecule has 0 spiro atoms. The maximum absolute atomic E-state index is 5.26. The smallest absolute Gasteiger partial charge is 0.138 e. The first-order chi connectivity index (χ1) is 8.99. The van der Waals surface area contributed by atoms with Gasteiger partial charge in [0.2, 0.25) is 0 Å². The molecule has 1 fully saturated rings. The summed E-state index contributed by atoms with van der Waals surface area (Å²) >= 11 is 0. The molecule has 0 bridgehead atoms. The maximum atomic E-state index is 5.26. The molecule has 0 radical (unpaired) electrons. The first-order valence-corrected chi connectivity index (χ1v) is 7.36. The van der Waals surface area contributed by atoms with E-state index >= 15 is 0 Å². The monoisotopic (exact) mass is 265 g/mol. The van der Waals surface area contributed by atoms with Crippen molar-refractivity contribution in [3.63, 3.8) is 0 Å². The van der Waals surface area contributed by atoms with Crippen molar-refractivity contribution in [3.8, 4) is 0 Å². The lowest BCUT2D eigenvalue weighted by molar-refractivity contribution is 0.185. The molecule has 4 nitrogen and oxygen atoms in total. The number of nitrogens with one attached hydrogen (secondary N) is 1. The van der Waals surface area contributed by atoms with Gasteiger partial charge in [-0.2, -0.15) is 0 Å². The minimum Gasteiger partial charge on any atom is -0.361 e. The van der Waals surface area contributed by atoms with E-state index < -0.39 is 0 Å². The highest BCUT2D eigenvalue weighted by Gasteiger charge is 2.25. The summed E-state index contributed by atoms with van der Waals surface area (Å²) in [5.41, 5.74) is 2.23. The van der Waals surface area contributed by atoms with Crippen LogP contribution in [0.3, 0.4) is 0 Å². The quantitative estimate of drug-likeness (QED) is 0.909. The number of hydrogen-bond donors (Lipinski definition) is 1. The van der Waals surface area contributed by atoms with E-state index in [1.807, 2.05) is 13.8 Å². The van der Waals surface area contributed by atoms with E-state index in [2.05, 4.69) is 36.3 Å². The van der Waals surface area contributed by atoms with Crippen LogP contribution in [0, 0.1) is 19.8 Å². The minimum absolute atomic E-state index is 0.306. The zero-order valence-corrected chi connectivity index (χ0v) is 12.9. The molecule has 4 heteroatoms. The van der Waals surface area contributed by atoms with Crippen molar-refractivity contribution in [1.82, 2.24) is 15.4 Å². The zero-order chi connectivity index (χ0) is 14.0. The van der Waals surface area contributed by atoms with Crippen molar-refractivity contribution in [2.45, 2.75) is 52.6 Å². The summed E-state index contributed by atoms with van der Waals surface area (Å²) < 4.78 is 5.26. The molecule has 2 atom stereocenters. The van der Waals surface area contributed by atoms with Gasteiger partial charge in [-0.1, -0.05) is 5.16 Å². The Morgan fingerprint density at radius 2 is 1.89 bits per heavy atom. The number of nitrogens with zero attached hydrogens (tertiary/aromatic N) is 2. The molecule has 2 unspecified atom stereocenters. The Bertz CT molecular complexity index is 388. The summed E-state index contributed by atoms with van der Waals surface area (Å²) in [6.07, 6.45) is 2.58. The van der Waals surface area contributed by atoms with Gasteiger partial charge in [-0.3, -0.25) is 0 Å². The molecule has 1 saturated heterocycles. The van der Waals surface area contributed by atoms with Gasteiger partial charge in [-0.15, -0.1) is 0 Å². The van der Waals surface area contributed by atoms with E-state index in [9.17, 15) is 0 Å².